The van der Waals surface area contributed by atoms with Crippen molar-refractivity contribution in [1.29, 1.82) is 0 Å². The first kappa shape index (κ1) is 15.8. The smallest absolute Gasteiger partial charge is 0.223 e. The Hall–Kier alpha value is -0.280. The number of hydrogen-bond donors (Lipinski definition) is 2. The molecule has 1 saturated heterocycles. The monoisotopic (exact) mass is 274 g/mol. The number of nitrogens with one attached hydrogen (secondary N) is 2. The first-order valence-corrected chi connectivity index (χ1v) is 7.24. The number of piperidine rings is 1. The van der Waals surface area contributed by atoms with Crippen molar-refractivity contribution in [2.24, 2.45) is 11.3 Å². The molecule has 2 aliphatic rings. The van der Waals surface area contributed by atoms with Crippen LogP contribution in [-0.2, 0) is 4.79 Å². The summed E-state index contributed by atoms with van der Waals surface area (Å²) >= 11 is 0. The molecule has 18 heavy (non-hydrogen) atoms. The maximum atomic E-state index is 12.1. The van der Waals surface area contributed by atoms with Gasteiger partial charge in [-0.25, -0.2) is 0 Å². The highest BCUT2D eigenvalue weighted by atomic mass is 35.5. The zero-order valence-corrected chi connectivity index (χ0v) is 12.3. The Morgan fingerprint density at radius 3 is 2.50 bits per heavy atom. The van der Waals surface area contributed by atoms with Crippen LogP contribution >= 0.6 is 12.4 Å². The summed E-state index contributed by atoms with van der Waals surface area (Å²) in [5, 5.41) is 6.52. The van der Waals surface area contributed by atoms with Crippen molar-refractivity contribution in [1.82, 2.24) is 10.6 Å². The second-order valence-corrected chi connectivity index (χ2v) is 5.85. The third-order valence-corrected chi connectivity index (χ3v) is 4.54. The van der Waals surface area contributed by atoms with E-state index in [1.807, 2.05) is 0 Å². The highest BCUT2D eigenvalue weighted by molar-refractivity contribution is 5.85. The molecule has 0 aromatic carbocycles. The van der Waals surface area contributed by atoms with Gasteiger partial charge in [0.25, 0.3) is 0 Å². The molecule has 106 valence electrons. The molecule has 1 saturated carbocycles. The number of rotatable bonds is 5. The standard InChI is InChI=1S/C14H26N2O.ClH/c1-2-6-14(7-3-8-14)11-16-13(17)12-4-9-15-10-5-12;/h12,15H,2-11H2,1H3,(H,16,17);1H. The van der Waals surface area contributed by atoms with Crippen LogP contribution in [-0.4, -0.2) is 25.5 Å². The molecule has 0 unspecified atom stereocenters. The Balaban J connectivity index is 0.00000162. The molecule has 0 radical (unpaired) electrons. The van der Waals surface area contributed by atoms with Gasteiger partial charge in [-0.1, -0.05) is 19.8 Å². The van der Waals surface area contributed by atoms with Crippen LogP contribution in [0, 0.1) is 11.3 Å². The molecule has 1 heterocycles. The molecule has 0 aromatic heterocycles. The van der Waals surface area contributed by atoms with E-state index in [1.54, 1.807) is 0 Å². The third kappa shape index (κ3) is 3.86. The topological polar surface area (TPSA) is 41.1 Å². The van der Waals surface area contributed by atoms with Gasteiger partial charge in [0.05, 0.1) is 0 Å². The molecular weight excluding hydrogens is 248 g/mol. The third-order valence-electron chi connectivity index (χ3n) is 4.54. The van der Waals surface area contributed by atoms with Gasteiger partial charge in [-0.2, -0.15) is 0 Å². The highest BCUT2D eigenvalue weighted by Crippen LogP contribution is 2.44. The van der Waals surface area contributed by atoms with Crippen LogP contribution < -0.4 is 10.6 Å². The molecule has 0 atom stereocenters. The van der Waals surface area contributed by atoms with Crippen LogP contribution in [0.3, 0.4) is 0 Å². The second kappa shape index (κ2) is 7.34. The fraction of sp³-hybridized carbons (Fsp3) is 0.929. The van der Waals surface area contributed by atoms with E-state index in [2.05, 4.69) is 17.6 Å². The van der Waals surface area contributed by atoms with Crippen LogP contribution in [0.15, 0.2) is 0 Å². The summed E-state index contributed by atoms with van der Waals surface area (Å²) in [6.45, 7) is 5.16. The quantitative estimate of drug-likeness (QED) is 0.809. The Kier molecular flexibility index (Phi) is 6.44. The maximum absolute atomic E-state index is 12.1. The lowest BCUT2D eigenvalue weighted by molar-refractivity contribution is -0.126. The molecule has 4 heteroatoms. The van der Waals surface area contributed by atoms with E-state index in [1.165, 1.54) is 32.1 Å². The average Bonchev–Trinajstić information content (AvgIpc) is 2.33. The first-order chi connectivity index (χ1) is 8.26. The van der Waals surface area contributed by atoms with Gasteiger partial charge in [-0.3, -0.25) is 4.79 Å². The van der Waals surface area contributed by atoms with Gasteiger partial charge in [0.15, 0.2) is 0 Å². The van der Waals surface area contributed by atoms with Gasteiger partial charge < -0.3 is 10.6 Å². The molecule has 0 aromatic rings. The predicted molar refractivity (Wildman–Crippen MR) is 77.0 cm³/mol. The van der Waals surface area contributed by atoms with Crippen molar-refractivity contribution >= 4 is 18.3 Å². The number of hydrogen-bond acceptors (Lipinski definition) is 2. The van der Waals surface area contributed by atoms with Crippen molar-refractivity contribution in [2.75, 3.05) is 19.6 Å². The fourth-order valence-electron chi connectivity index (χ4n) is 3.23. The first-order valence-electron chi connectivity index (χ1n) is 7.24. The molecular formula is C14H27ClN2O. The van der Waals surface area contributed by atoms with Crippen molar-refractivity contribution in [3.05, 3.63) is 0 Å². The summed E-state index contributed by atoms with van der Waals surface area (Å²) in [5.41, 5.74) is 0.456. The molecule has 1 amide bonds. The average molecular weight is 275 g/mol. The van der Waals surface area contributed by atoms with Gasteiger partial charge in [-0.05, 0) is 50.6 Å². The largest absolute Gasteiger partial charge is 0.355 e. The Morgan fingerprint density at radius 2 is 2.00 bits per heavy atom. The molecule has 0 spiro atoms. The summed E-state index contributed by atoms with van der Waals surface area (Å²) < 4.78 is 0. The Labute approximate surface area is 117 Å². The molecule has 2 rings (SSSR count). The summed E-state index contributed by atoms with van der Waals surface area (Å²) in [7, 11) is 0. The summed E-state index contributed by atoms with van der Waals surface area (Å²) in [5.74, 6) is 0.559. The minimum absolute atomic E-state index is 0. The van der Waals surface area contributed by atoms with E-state index in [9.17, 15) is 4.79 Å². The number of carbonyl (C=O) groups excluding carboxylic acids is 1. The van der Waals surface area contributed by atoms with Crippen molar-refractivity contribution in [3.8, 4) is 0 Å². The van der Waals surface area contributed by atoms with Gasteiger partial charge in [-0.15, -0.1) is 12.4 Å². The molecule has 3 nitrogen and oxygen atoms in total. The minimum Gasteiger partial charge on any atom is -0.355 e. The van der Waals surface area contributed by atoms with Crippen LogP contribution in [0.2, 0.25) is 0 Å². The lowest BCUT2D eigenvalue weighted by Crippen LogP contribution is -2.45. The van der Waals surface area contributed by atoms with E-state index in [0.717, 1.165) is 32.5 Å². The summed E-state index contributed by atoms with van der Waals surface area (Å²) in [6, 6.07) is 0. The predicted octanol–water partition coefficient (Wildman–Crippen LogP) is 2.49. The van der Waals surface area contributed by atoms with Crippen LogP contribution in [0.4, 0.5) is 0 Å². The Morgan fingerprint density at radius 1 is 1.33 bits per heavy atom. The SMILES string of the molecule is CCCC1(CNC(=O)C2CCNCC2)CCC1.Cl. The highest BCUT2D eigenvalue weighted by Gasteiger charge is 2.36. The zero-order valence-electron chi connectivity index (χ0n) is 11.5. The number of carbonyl (C=O) groups is 1. The van der Waals surface area contributed by atoms with Crippen molar-refractivity contribution in [2.45, 2.75) is 51.9 Å². The van der Waals surface area contributed by atoms with Crippen molar-refractivity contribution < 1.29 is 4.79 Å². The molecule has 2 N–H and O–H groups in total. The van der Waals surface area contributed by atoms with Crippen molar-refractivity contribution in [3.63, 3.8) is 0 Å². The minimum atomic E-state index is 0. The molecule has 0 bridgehead atoms. The lowest BCUT2D eigenvalue weighted by atomic mass is 9.66. The normalized spacial score (nSPS) is 22.7. The van der Waals surface area contributed by atoms with Crippen LogP contribution in [0.25, 0.3) is 0 Å². The maximum Gasteiger partial charge on any atom is 0.223 e. The van der Waals surface area contributed by atoms with Gasteiger partial charge >= 0.3 is 0 Å². The Bertz CT molecular complexity index is 261. The van der Waals surface area contributed by atoms with E-state index < -0.39 is 0 Å². The number of halogens is 1. The van der Waals surface area contributed by atoms with Crippen LogP contribution in [0.5, 0.6) is 0 Å². The van der Waals surface area contributed by atoms with Crippen LogP contribution in [0.1, 0.15) is 51.9 Å². The molecule has 2 fully saturated rings. The van der Waals surface area contributed by atoms with Gasteiger partial charge in [0.1, 0.15) is 0 Å². The fourth-order valence-corrected chi connectivity index (χ4v) is 3.23. The van der Waals surface area contributed by atoms with E-state index in [-0.39, 0.29) is 18.3 Å². The summed E-state index contributed by atoms with van der Waals surface area (Å²) in [4.78, 5) is 12.1. The molecule has 1 aliphatic heterocycles. The van der Waals surface area contributed by atoms with Gasteiger partial charge in [0, 0.05) is 12.5 Å². The summed E-state index contributed by atoms with van der Waals surface area (Å²) in [6.07, 6.45) is 8.51. The second-order valence-electron chi connectivity index (χ2n) is 5.85. The van der Waals surface area contributed by atoms with E-state index in [0.29, 0.717) is 11.3 Å². The van der Waals surface area contributed by atoms with Gasteiger partial charge in [0.2, 0.25) is 5.91 Å². The molecule has 1 aliphatic carbocycles. The van der Waals surface area contributed by atoms with E-state index in [4.69, 9.17) is 0 Å². The zero-order chi connectivity index (χ0) is 12.1. The lowest BCUT2D eigenvalue weighted by Gasteiger charge is -2.42. The van der Waals surface area contributed by atoms with E-state index >= 15 is 0 Å². The number of amides is 1.